The van der Waals surface area contributed by atoms with Crippen molar-refractivity contribution in [2.75, 3.05) is 6.54 Å². The summed E-state index contributed by atoms with van der Waals surface area (Å²) in [7, 11) is 0. The van der Waals surface area contributed by atoms with E-state index < -0.39 is 0 Å². The number of amides is 1. The third-order valence-corrected chi connectivity index (χ3v) is 4.54. The number of nitrogens with one attached hydrogen (secondary N) is 1. The van der Waals surface area contributed by atoms with Crippen LogP contribution in [0.4, 0.5) is 0 Å². The number of rotatable bonds is 5. The van der Waals surface area contributed by atoms with E-state index in [4.69, 9.17) is 0 Å². The van der Waals surface area contributed by atoms with Crippen molar-refractivity contribution >= 4 is 22.8 Å². The summed E-state index contributed by atoms with van der Waals surface area (Å²) in [5, 5.41) is 3.67. The number of nitrogens with zero attached hydrogens (tertiary/aromatic N) is 1. The van der Waals surface area contributed by atoms with Crippen molar-refractivity contribution in [2.24, 2.45) is 4.99 Å². The molecule has 0 atom stereocenters. The fourth-order valence-electron chi connectivity index (χ4n) is 1.91. The van der Waals surface area contributed by atoms with Gasteiger partial charge in [0.2, 0.25) is 5.91 Å². The van der Waals surface area contributed by atoms with Gasteiger partial charge in [0.05, 0.1) is 6.54 Å². The van der Waals surface area contributed by atoms with Gasteiger partial charge >= 0.3 is 0 Å². The Balaban J connectivity index is 1.78. The van der Waals surface area contributed by atoms with Gasteiger partial charge in [-0.25, -0.2) is 0 Å². The summed E-state index contributed by atoms with van der Waals surface area (Å²) >= 11 is 1.62. The van der Waals surface area contributed by atoms with E-state index >= 15 is 0 Å². The minimum atomic E-state index is -0.161. The molecule has 1 amide bonds. The van der Waals surface area contributed by atoms with Gasteiger partial charge in [0.25, 0.3) is 0 Å². The number of hydrogen-bond donors (Lipinski definition) is 1. The Hall–Kier alpha value is -1.03. The van der Waals surface area contributed by atoms with Gasteiger partial charge in [0.15, 0.2) is 5.17 Å². The summed E-state index contributed by atoms with van der Waals surface area (Å²) in [5.74, 6) is 0.156. The first-order valence-electron chi connectivity index (χ1n) is 6.08. The molecule has 2 aliphatic rings. The molecule has 17 heavy (non-hydrogen) atoms. The highest BCUT2D eigenvalue weighted by atomic mass is 32.2. The average molecular weight is 250 g/mol. The van der Waals surface area contributed by atoms with Gasteiger partial charge in [-0.3, -0.25) is 9.79 Å². The molecule has 0 radical (unpaired) electrons. The third kappa shape index (κ3) is 2.80. The van der Waals surface area contributed by atoms with E-state index in [1.807, 2.05) is 12.2 Å². The highest BCUT2D eigenvalue weighted by molar-refractivity contribution is 8.16. The molecule has 0 aromatic rings. The monoisotopic (exact) mass is 250 g/mol. The Kier molecular flexibility index (Phi) is 4.05. The maximum atomic E-state index is 11.7. The first-order chi connectivity index (χ1) is 8.27. The molecule has 92 valence electrons. The first kappa shape index (κ1) is 12.4. The topological polar surface area (TPSA) is 41.5 Å². The molecule has 2 fully saturated rings. The first-order valence-corrected chi connectivity index (χ1v) is 6.89. The molecule has 1 N–H and O–H groups in total. The lowest BCUT2D eigenvalue weighted by Gasteiger charge is -2.32. The van der Waals surface area contributed by atoms with E-state index in [-0.39, 0.29) is 10.7 Å². The van der Waals surface area contributed by atoms with Crippen LogP contribution in [0.2, 0.25) is 0 Å². The summed E-state index contributed by atoms with van der Waals surface area (Å²) < 4.78 is -0.161. The molecule has 0 aromatic carbocycles. The lowest BCUT2D eigenvalue weighted by molar-refractivity contribution is -0.123. The van der Waals surface area contributed by atoms with Crippen LogP contribution >= 0.6 is 11.8 Å². The van der Waals surface area contributed by atoms with E-state index in [9.17, 15) is 4.79 Å². The SMILES string of the molecule is C=CCC/C=C\CN=C1NC(=O)C2(CCC2)S1. The van der Waals surface area contributed by atoms with Gasteiger partial charge < -0.3 is 5.32 Å². The van der Waals surface area contributed by atoms with Gasteiger partial charge in [0.1, 0.15) is 4.75 Å². The molecular weight excluding hydrogens is 232 g/mol. The lowest BCUT2D eigenvalue weighted by Crippen LogP contribution is -2.42. The molecule has 3 nitrogen and oxygen atoms in total. The number of allylic oxidation sites excluding steroid dienone is 2. The summed E-state index contributed by atoms with van der Waals surface area (Å²) in [4.78, 5) is 16.1. The molecular formula is C13H18N2OS. The molecule has 0 unspecified atom stereocenters. The van der Waals surface area contributed by atoms with Crippen molar-refractivity contribution < 1.29 is 4.79 Å². The van der Waals surface area contributed by atoms with Crippen LogP contribution in [0.5, 0.6) is 0 Å². The molecule has 1 saturated heterocycles. The van der Waals surface area contributed by atoms with Crippen LogP contribution in [-0.2, 0) is 4.79 Å². The highest BCUT2D eigenvalue weighted by Crippen LogP contribution is 2.47. The van der Waals surface area contributed by atoms with E-state index in [2.05, 4.69) is 23.0 Å². The van der Waals surface area contributed by atoms with Crippen molar-refractivity contribution in [1.82, 2.24) is 5.32 Å². The molecule has 1 saturated carbocycles. The smallest absolute Gasteiger partial charge is 0.242 e. The predicted molar refractivity (Wildman–Crippen MR) is 73.2 cm³/mol. The second kappa shape index (κ2) is 5.54. The van der Waals surface area contributed by atoms with E-state index in [1.54, 1.807) is 11.8 Å². The standard InChI is InChI=1S/C13H18N2OS/c1-2-3-4-5-6-10-14-12-15-11(16)13(17-12)8-7-9-13/h2,5-6H,1,3-4,7-10H2,(H,14,15,16)/b6-5-. The molecule has 1 spiro atoms. The fourth-order valence-corrected chi connectivity index (χ4v) is 3.20. The van der Waals surface area contributed by atoms with Gasteiger partial charge in [-0.1, -0.05) is 30.0 Å². The Labute approximate surface area is 106 Å². The van der Waals surface area contributed by atoms with Crippen molar-refractivity contribution in [1.29, 1.82) is 0 Å². The number of thioether (sulfide) groups is 1. The minimum absolute atomic E-state index is 0.156. The predicted octanol–water partition coefficient (Wildman–Crippen LogP) is 2.65. The maximum absolute atomic E-state index is 11.7. The Bertz CT molecular complexity index is 370. The molecule has 1 aliphatic heterocycles. The number of unbranched alkanes of at least 4 members (excludes halogenated alkanes) is 1. The van der Waals surface area contributed by atoms with Crippen molar-refractivity contribution in [2.45, 2.75) is 36.9 Å². The number of carbonyl (C=O) groups is 1. The molecule has 0 aromatic heterocycles. The molecule has 1 aliphatic carbocycles. The van der Waals surface area contributed by atoms with Crippen molar-refractivity contribution in [3.05, 3.63) is 24.8 Å². The maximum Gasteiger partial charge on any atom is 0.242 e. The van der Waals surface area contributed by atoms with Gasteiger partial charge in [0, 0.05) is 0 Å². The number of aliphatic imine (C=N–C) groups is 1. The number of carbonyl (C=O) groups excluding carboxylic acids is 1. The van der Waals surface area contributed by atoms with Gasteiger partial charge in [-0.15, -0.1) is 6.58 Å². The molecule has 1 heterocycles. The third-order valence-electron chi connectivity index (χ3n) is 3.13. The second-order valence-corrected chi connectivity index (χ2v) is 5.76. The second-order valence-electron chi connectivity index (χ2n) is 4.39. The van der Waals surface area contributed by atoms with Crippen LogP contribution in [0, 0.1) is 0 Å². The van der Waals surface area contributed by atoms with Gasteiger partial charge in [-0.2, -0.15) is 0 Å². The average Bonchev–Trinajstić information content (AvgIpc) is 2.60. The largest absolute Gasteiger partial charge is 0.304 e. The fraction of sp³-hybridized carbons (Fsp3) is 0.538. The van der Waals surface area contributed by atoms with Crippen LogP contribution in [0.1, 0.15) is 32.1 Å². The van der Waals surface area contributed by atoms with Crippen LogP contribution in [0.25, 0.3) is 0 Å². The summed E-state index contributed by atoms with van der Waals surface area (Å²) in [6, 6.07) is 0. The molecule has 0 bridgehead atoms. The van der Waals surface area contributed by atoms with Crippen molar-refractivity contribution in [3.8, 4) is 0 Å². The Morgan fingerprint density at radius 1 is 1.41 bits per heavy atom. The van der Waals surface area contributed by atoms with Crippen LogP contribution in [0.15, 0.2) is 29.8 Å². The zero-order valence-electron chi connectivity index (χ0n) is 9.95. The highest BCUT2D eigenvalue weighted by Gasteiger charge is 2.50. The minimum Gasteiger partial charge on any atom is -0.304 e. The van der Waals surface area contributed by atoms with Crippen molar-refractivity contribution in [3.63, 3.8) is 0 Å². The zero-order chi connectivity index (χ0) is 12.1. The van der Waals surface area contributed by atoms with Crippen LogP contribution in [-0.4, -0.2) is 22.4 Å². The normalized spacial score (nSPS) is 24.2. The summed E-state index contributed by atoms with van der Waals surface area (Å²) in [6.07, 6.45) is 11.2. The molecule has 2 rings (SSSR count). The van der Waals surface area contributed by atoms with Gasteiger partial charge in [-0.05, 0) is 32.1 Å². The van der Waals surface area contributed by atoms with E-state index in [0.717, 1.165) is 37.3 Å². The van der Waals surface area contributed by atoms with E-state index in [0.29, 0.717) is 6.54 Å². The lowest BCUT2D eigenvalue weighted by atomic mass is 9.84. The molecule has 4 heteroatoms. The number of hydrogen-bond acceptors (Lipinski definition) is 3. The quantitative estimate of drug-likeness (QED) is 0.602. The summed E-state index contributed by atoms with van der Waals surface area (Å²) in [5.41, 5.74) is 0. The van der Waals surface area contributed by atoms with Crippen LogP contribution in [0.3, 0.4) is 0 Å². The van der Waals surface area contributed by atoms with Crippen LogP contribution < -0.4 is 5.32 Å². The van der Waals surface area contributed by atoms with E-state index in [1.165, 1.54) is 0 Å². The Morgan fingerprint density at radius 3 is 2.82 bits per heavy atom. The summed E-state index contributed by atoms with van der Waals surface area (Å²) in [6.45, 7) is 4.32. The zero-order valence-corrected chi connectivity index (χ0v) is 10.8. The Morgan fingerprint density at radius 2 is 2.24 bits per heavy atom. The number of amidine groups is 1.